The van der Waals surface area contributed by atoms with Gasteiger partial charge in [0.25, 0.3) is 5.69 Å². The molecule has 0 aliphatic heterocycles. The van der Waals surface area contributed by atoms with Gasteiger partial charge in [0, 0.05) is 18.2 Å². The summed E-state index contributed by atoms with van der Waals surface area (Å²) in [6.07, 6.45) is 3.45. The van der Waals surface area contributed by atoms with Crippen molar-refractivity contribution in [2.45, 2.75) is 43.5 Å². The first-order chi connectivity index (χ1) is 11.9. The predicted molar refractivity (Wildman–Crippen MR) is 101 cm³/mol. The number of hydrogen-bond donors (Lipinski definition) is 1. The topological polar surface area (TPSA) is 85.1 Å². The van der Waals surface area contributed by atoms with Gasteiger partial charge in [-0.05, 0) is 24.3 Å². The molecule has 1 fully saturated rings. The number of benzene rings is 1. The summed E-state index contributed by atoms with van der Waals surface area (Å²) in [7, 11) is 0. The van der Waals surface area contributed by atoms with Gasteiger partial charge in [0.2, 0.25) is 5.91 Å². The van der Waals surface area contributed by atoms with Gasteiger partial charge in [-0.2, -0.15) is 0 Å². The van der Waals surface area contributed by atoms with E-state index in [1.54, 1.807) is 6.07 Å². The predicted octanol–water partition coefficient (Wildman–Crippen LogP) is 4.24. The summed E-state index contributed by atoms with van der Waals surface area (Å²) in [5, 5.41) is 14.0. The van der Waals surface area contributed by atoms with Crippen LogP contribution in [0.1, 0.15) is 33.1 Å². The summed E-state index contributed by atoms with van der Waals surface area (Å²) in [5.74, 6) is 1.50. The average Bonchev–Trinajstić information content (AvgIpc) is 2.99. The Morgan fingerprint density at radius 2 is 2.24 bits per heavy atom. The SMILES string of the molecule is CC1CCCC(NC(=O)CSc2nc3ccc([N+](=O)[O-])cc3s2)C1C. The van der Waals surface area contributed by atoms with Gasteiger partial charge in [0.15, 0.2) is 4.34 Å². The first kappa shape index (κ1) is 18.1. The highest BCUT2D eigenvalue weighted by Crippen LogP contribution is 2.32. The van der Waals surface area contributed by atoms with Gasteiger partial charge in [-0.3, -0.25) is 14.9 Å². The van der Waals surface area contributed by atoms with Crippen LogP contribution in [0.4, 0.5) is 5.69 Å². The number of non-ortho nitro benzene ring substituents is 1. The van der Waals surface area contributed by atoms with Crippen molar-refractivity contribution in [3.8, 4) is 0 Å². The molecule has 25 heavy (non-hydrogen) atoms. The zero-order chi connectivity index (χ0) is 18.0. The molecule has 1 amide bonds. The van der Waals surface area contributed by atoms with Crippen LogP contribution in [0.15, 0.2) is 22.5 Å². The Bertz CT molecular complexity index is 793. The first-order valence-electron chi connectivity index (χ1n) is 8.41. The molecule has 134 valence electrons. The minimum Gasteiger partial charge on any atom is -0.352 e. The number of thioether (sulfide) groups is 1. The van der Waals surface area contributed by atoms with Crippen molar-refractivity contribution in [2.24, 2.45) is 11.8 Å². The molecule has 0 radical (unpaired) electrons. The Kier molecular flexibility index (Phi) is 5.58. The highest BCUT2D eigenvalue weighted by atomic mass is 32.2. The van der Waals surface area contributed by atoms with Crippen molar-refractivity contribution >= 4 is 44.9 Å². The van der Waals surface area contributed by atoms with E-state index in [-0.39, 0.29) is 17.6 Å². The van der Waals surface area contributed by atoms with Crippen LogP contribution < -0.4 is 5.32 Å². The van der Waals surface area contributed by atoms with Crippen LogP contribution in [-0.4, -0.2) is 27.6 Å². The van der Waals surface area contributed by atoms with Crippen molar-refractivity contribution in [1.82, 2.24) is 10.3 Å². The molecular weight excluding hydrogens is 358 g/mol. The Morgan fingerprint density at radius 1 is 1.44 bits per heavy atom. The number of fused-ring (bicyclic) bond motifs is 1. The van der Waals surface area contributed by atoms with E-state index in [1.165, 1.54) is 48.1 Å². The maximum absolute atomic E-state index is 12.3. The zero-order valence-corrected chi connectivity index (χ0v) is 15.9. The lowest BCUT2D eigenvalue weighted by molar-refractivity contribution is -0.384. The fraction of sp³-hybridized carbons (Fsp3) is 0.529. The number of nitrogens with zero attached hydrogens (tertiary/aromatic N) is 2. The number of nitrogens with one attached hydrogen (secondary N) is 1. The van der Waals surface area contributed by atoms with E-state index in [9.17, 15) is 14.9 Å². The molecule has 2 aromatic rings. The lowest BCUT2D eigenvalue weighted by atomic mass is 9.78. The Labute approximate surface area is 154 Å². The maximum atomic E-state index is 12.3. The van der Waals surface area contributed by atoms with Gasteiger partial charge in [-0.15, -0.1) is 11.3 Å². The normalized spacial score (nSPS) is 23.5. The first-order valence-corrected chi connectivity index (χ1v) is 10.2. The highest BCUT2D eigenvalue weighted by molar-refractivity contribution is 8.01. The monoisotopic (exact) mass is 379 g/mol. The van der Waals surface area contributed by atoms with Crippen LogP contribution in [0, 0.1) is 22.0 Å². The van der Waals surface area contributed by atoms with Crippen molar-refractivity contribution in [2.75, 3.05) is 5.75 Å². The fourth-order valence-corrected chi connectivity index (χ4v) is 5.14. The Hall–Kier alpha value is -1.67. The lowest BCUT2D eigenvalue weighted by Crippen LogP contribution is -2.44. The molecular formula is C17H21N3O3S2. The molecule has 6 nitrogen and oxygen atoms in total. The van der Waals surface area contributed by atoms with Crippen LogP contribution in [-0.2, 0) is 4.79 Å². The average molecular weight is 380 g/mol. The van der Waals surface area contributed by atoms with Gasteiger partial charge in [-0.25, -0.2) is 4.98 Å². The van der Waals surface area contributed by atoms with E-state index < -0.39 is 4.92 Å². The number of nitro benzene ring substituents is 1. The van der Waals surface area contributed by atoms with E-state index in [0.717, 1.165) is 21.0 Å². The van der Waals surface area contributed by atoms with Crippen molar-refractivity contribution in [3.63, 3.8) is 0 Å². The molecule has 0 spiro atoms. The summed E-state index contributed by atoms with van der Waals surface area (Å²) in [5.41, 5.74) is 0.791. The molecule has 3 atom stereocenters. The van der Waals surface area contributed by atoms with Crippen LogP contribution in [0.5, 0.6) is 0 Å². The molecule has 1 heterocycles. The standard InChI is InChI=1S/C17H21N3O3S2/c1-10-4-3-5-13(11(10)2)18-16(21)9-24-17-19-14-7-6-12(20(22)23)8-15(14)25-17/h6-8,10-11,13H,3-5,9H2,1-2H3,(H,18,21). The summed E-state index contributed by atoms with van der Waals surface area (Å²) in [6, 6.07) is 4.89. The number of carbonyl (C=O) groups is 1. The van der Waals surface area contributed by atoms with E-state index in [0.29, 0.717) is 17.6 Å². The molecule has 0 saturated heterocycles. The molecule has 3 rings (SSSR count). The van der Waals surface area contributed by atoms with Crippen LogP contribution >= 0.6 is 23.1 Å². The van der Waals surface area contributed by atoms with Gasteiger partial charge in [0.1, 0.15) is 0 Å². The number of hydrogen-bond acceptors (Lipinski definition) is 6. The lowest BCUT2D eigenvalue weighted by Gasteiger charge is -2.34. The van der Waals surface area contributed by atoms with Gasteiger partial charge >= 0.3 is 0 Å². The number of amides is 1. The van der Waals surface area contributed by atoms with E-state index in [4.69, 9.17) is 0 Å². The largest absolute Gasteiger partial charge is 0.352 e. The molecule has 1 aromatic carbocycles. The maximum Gasteiger partial charge on any atom is 0.270 e. The van der Waals surface area contributed by atoms with Crippen LogP contribution in [0.2, 0.25) is 0 Å². The molecule has 1 saturated carbocycles. The summed E-state index contributed by atoms with van der Waals surface area (Å²) in [6.45, 7) is 4.46. The third kappa shape index (κ3) is 4.30. The van der Waals surface area contributed by atoms with Crippen molar-refractivity contribution in [3.05, 3.63) is 28.3 Å². The van der Waals surface area contributed by atoms with E-state index >= 15 is 0 Å². The molecule has 0 bridgehead atoms. The minimum atomic E-state index is -0.411. The summed E-state index contributed by atoms with van der Waals surface area (Å²) >= 11 is 2.77. The van der Waals surface area contributed by atoms with Gasteiger partial charge < -0.3 is 5.32 Å². The molecule has 8 heteroatoms. The summed E-state index contributed by atoms with van der Waals surface area (Å²) in [4.78, 5) is 27.1. The quantitative estimate of drug-likeness (QED) is 0.477. The molecule has 3 unspecified atom stereocenters. The molecule has 1 aliphatic rings. The second-order valence-electron chi connectivity index (χ2n) is 6.62. The minimum absolute atomic E-state index is 0.0289. The number of thiazole rings is 1. The number of carbonyl (C=O) groups excluding carboxylic acids is 1. The summed E-state index contributed by atoms with van der Waals surface area (Å²) < 4.78 is 1.53. The number of aromatic nitrogens is 1. The number of nitro groups is 1. The zero-order valence-electron chi connectivity index (χ0n) is 14.2. The van der Waals surface area contributed by atoms with Crippen LogP contribution in [0.25, 0.3) is 10.2 Å². The third-order valence-electron chi connectivity index (χ3n) is 4.94. The van der Waals surface area contributed by atoms with Crippen molar-refractivity contribution < 1.29 is 9.72 Å². The van der Waals surface area contributed by atoms with Gasteiger partial charge in [-0.1, -0.05) is 38.5 Å². The second kappa shape index (κ2) is 7.70. The molecule has 1 N–H and O–H groups in total. The Balaban J connectivity index is 1.58. The smallest absolute Gasteiger partial charge is 0.270 e. The fourth-order valence-electron chi connectivity index (χ4n) is 3.23. The molecule has 1 aliphatic carbocycles. The second-order valence-corrected chi connectivity index (χ2v) is 8.87. The Morgan fingerprint density at radius 3 is 3.00 bits per heavy atom. The van der Waals surface area contributed by atoms with Crippen LogP contribution in [0.3, 0.4) is 0 Å². The third-order valence-corrected chi connectivity index (χ3v) is 7.10. The highest BCUT2D eigenvalue weighted by Gasteiger charge is 2.28. The van der Waals surface area contributed by atoms with E-state index in [1.807, 2.05) is 0 Å². The van der Waals surface area contributed by atoms with E-state index in [2.05, 4.69) is 24.1 Å². The van der Waals surface area contributed by atoms with Gasteiger partial charge in [0.05, 0.1) is 20.9 Å². The molecule has 1 aromatic heterocycles. The van der Waals surface area contributed by atoms with Crippen molar-refractivity contribution in [1.29, 1.82) is 0 Å². The number of rotatable bonds is 5.